The molecule has 8 nitrogen and oxygen atoms in total. The summed E-state index contributed by atoms with van der Waals surface area (Å²) in [5, 5.41) is 14.6. The Bertz CT molecular complexity index is 865. The van der Waals surface area contributed by atoms with Gasteiger partial charge < -0.3 is 19.5 Å². The van der Waals surface area contributed by atoms with Crippen molar-refractivity contribution in [2.24, 2.45) is 0 Å². The van der Waals surface area contributed by atoms with Crippen LogP contribution in [0.25, 0.3) is 0 Å². The molecule has 0 saturated heterocycles. The smallest absolute Gasteiger partial charge is 0.435 e. The first-order chi connectivity index (χ1) is 14.2. The van der Waals surface area contributed by atoms with Crippen LogP contribution in [0.2, 0.25) is 0 Å². The van der Waals surface area contributed by atoms with Gasteiger partial charge in [0.25, 0.3) is 5.70 Å². The maximum Gasteiger partial charge on any atom is 0.513 e. The zero-order valence-electron chi connectivity index (χ0n) is 17.1. The summed E-state index contributed by atoms with van der Waals surface area (Å²) < 4.78 is 41.0. The summed E-state index contributed by atoms with van der Waals surface area (Å²) in [7, 11) is 0. The quantitative estimate of drug-likeness (QED) is 0.352. The van der Waals surface area contributed by atoms with Crippen molar-refractivity contribution >= 4 is 6.16 Å². The number of nitrogens with zero attached hydrogens (tertiary/aromatic N) is 1. The maximum atomic E-state index is 12.9. The first kappa shape index (κ1) is 23.1. The van der Waals surface area contributed by atoms with Gasteiger partial charge in [0.1, 0.15) is 23.5 Å². The van der Waals surface area contributed by atoms with E-state index in [1.165, 1.54) is 31.2 Å². The van der Waals surface area contributed by atoms with E-state index < -0.39 is 23.6 Å². The number of para-hydroxylation sites is 1. The molecular formula is C20H24F2N2O6. The number of carbonyl (C=O) groups is 1. The van der Waals surface area contributed by atoms with Gasteiger partial charge in [-0.15, -0.1) is 0 Å². The van der Waals surface area contributed by atoms with Crippen LogP contribution in [-0.2, 0) is 9.47 Å². The lowest BCUT2D eigenvalue weighted by Crippen LogP contribution is -2.30. The third kappa shape index (κ3) is 5.25. The first-order valence-corrected chi connectivity index (χ1v) is 9.44. The molecular weight excluding hydrogens is 402 g/mol. The Kier molecular flexibility index (Phi) is 7.73. The van der Waals surface area contributed by atoms with Crippen molar-refractivity contribution in [2.75, 3.05) is 0 Å². The lowest BCUT2D eigenvalue weighted by molar-refractivity contribution is -0.431. The zero-order chi connectivity index (χ0) is 22.4. The maximum absolute atomic E-state index is 12.9. The number of alkyl halides is 2. The molecule has 0 saturated carbocycles. The second-order valence-corrected chi connectivity index (χ2v) is 6.64. The molecule has 0 bridgehead atoms. The molecule has 2 rings (SSSR count). The fraction of sp³-hybridized carbons (Fsp3) is 0.450. The van der Waals surface area contributed by atoms with E-state index >= 15 is 0 Å². The number of halogens is 2. The average molecular weight is 426 g/mol. The van der Waals surface area contributed by atoms with E-state index in [-0.39, 0.29) is 34.6 Å². The molecule has 1 aromatic rings. The molecule has 0 radical (unpaired) electrons. The van der Waals surface area contributed by atoms with Crippen LogP contribution in [0.15, 0.2) is 47.1 Å². The van der Waals surface area contributed by atoms with E-state index in [0.717, 1.165) is 0 Å². The van der Waals surface area contributed by atoms with E-state index in [1.54, 1.807) is 6.92 Å². The second kappa shape index (κ2) is 10.0. The third-order valence-corrected chi connectivity index (χ3v) is 4.67. The van der Waals surface area contributed by atoms with Gasteiger partial charge in [0.15, 0.2) is 0 Å². The number of allylic oxidation sites excluding steroid dienone is 2. The minimum atomic E-state index is -3.13. The van der Waals surface area contributed by atoms with Crippen LogP contribution in [0.3, 0.4) is 0 Å². The highest BCUT2D eigenvalue weighted by atomic mass is 19.3. The van der Waals surface area contributed by atoms with Crippen LogP contribution in [0, 0.1) is 10.1 Å². The minimum Gasteiger partial charge on any atom is -0.435 e. The van der Waals surface area contributed by atoms with E-state index in [0.29, 0.717) is 18.5 Å². The number of carbonyl (C=O) groups excluding carboxylic acids is 1. The van der Waals surface area contributed by atoms with Gasteiger partial charge in [-0.2, -0.15) is 8.78 Å². The minimum absolute atomic E-state index is 0.0648. The Labute approximate surface area is 172 Å². The van der Waals surface area contributed by atoms with Crippen LogP contribution in [0.4, 0.5) is 13.6 Å². The summed E-state index contributed by atoms with van der Waals surface area (Å²) in [6, 6.07) is 5.67. The second-order valence-electron chi connectivity index (χ2n) is 6.64. The number of rotatable bonds is 8. The first-order valence-electron chi connectivity index (χ1n) is 9.44. The molecule has 1 heterocycles. The Morgan fingerprint density at radius 1 is 1.20 bits per heavy atom. The number of ether oxygens (including phenoxy) is 3. The van der Waals surface area contributed by atoms with Crippen molar-refractivity contribution in [3.05, 3.63) is 62.8 Å². The highest BCUT2D eigenvalue weighted by Crippen LogP contribution is 2.42. The number of hydrogen-bond acceptors (Lipinski definition) is 7. The summed E-state index contributed by atoms with van der Waals surface area (Å²) in [4.78, 5) is 23.5. The van der Waals surface area contributed by atoms with Crippen LogP contribution >= 0.6 is 0 Å². The fourth-order valence-corrected chi connectivity index (χ4v) is 3.26. The number of nitro groups is 1. The molecule has 0 spiro atoms. The molecule has 0 fully saturated rings. The molecule has 0 aromatic heterocycles. The van der Waals surface area contributed by atoms with Gasteiger partial charge >= 0.3 is 12.8 Å². The van der Waals surface area contributed by atoms with Gasteiger partial charge in [0.2, 0.25) is 0 Å². The molecule has 1 aromatic carbocycles. The predicted octanol–water partition coefficient (Wildman–Crippen LogP) is 5.06. The Balaban J connectivity index is 2.53. The normalized spacial score (nSPS) is 16.6. The van der Waals surface area contributed by atoms with Crippen molar-refractivity contribution in [1.82, 2.24) is 5.32 Å². The Morgan fingerprint density at radius 3 is 2.40 bits per heavy atom. The summed E-state index contributed by atoms with van der Waals surface area (Å²) in [6.07, 6.45) is -0.278. The highest BCUT2D eigenvalue weighted by Gasteiger charge is 2.41. The van der Waals surface area contributed by atoms with Gasteiger partial charge in [-0.3, -0.25) is 10.1 Å². The topological polar surface area (TPSA) is 99.9 Å². The van der Waals surface area contributed by atoms with E-state index in [2.05, 4.69) is 10.1 Å². The summed E-state index contributed by atoms with van der Waals surface area (Å²) in [6.45, 7) is 3.58. The van der Waals surface area contributed by atoms with Gasteiger partial charge in [-0.05, 0) is 32.8 Å². The van der Waals surface area contributed by atoms with Crippen molar-refractivity contribution in [1.29, 1.82) is 0 Å². The fourth-order valence-electron chi connectivity index (χ4n) is 3.26. The molecule has 1 atom stereocenters. The van der Waals surface area contributed by atoms with E-state index in [9.17, 15) is 23.7 Å². The summed E-state index contributed by atoms with van der Waals surface area (Å²) >= 11 is 0. The number of nitrogens with one attached hydrogen (secondary N) is 1. The van der Waals surface area contributed by atoms with Gasteiger partial charge in [-0.1, -0.05) is 32.0 Å². The Morgan fingerprint density at radius 2 is 1.83 bits per heavy atom. The zero-order valence-corrected chi connectivity index (χ0v) is 17.1. The van der Waals surface area contributed by atoms with Crippen LogP contribution in [-0.4, -0.2) is 23.8 Å². The molecule has 0 amide bonds. The lowest BCUT2D eigenvalue weighted by atomic mass is 9.89. The van der Waals surface area contributed by atoms with Crippen molar-refractivity contribution in [3.63, 3.8) is 0 Å². The molecule has 1 unspecified atom stereocenters. The summed E-state index contributed by atoms with van der Waals surface area (Å²) in [5.74, 6) is -1.63. The van der Waals surface area contributed by atoms with Gasteiger partial charge in [0, 0.05) is 5.56 Å². The van der Waals surface area contributed by atoms with E-state index in [4.69, 9.17) is 9.47 Å². The van der Waals surface area contributed by atoms with Gasteiger partial charge in [0.05, 0.1) is 16.3 Å². The number of benzene rings is 1. The molecule has 1 aliphatic rings. The monoisotopic (exact) mass is 426 g/mol. The molecule has 0 aliphatic carbocycles. The molecule has 30 heavy (non-hydrogen) atoms. The van der Waals surface area contributed by atoms with Crippen LogP contribution in [0.5, 0.6) is 5.75 Å². The average Bonchev–Trinajstić information content (AvgIpc) is 2.67. The molecule has 1 aliphatic heterocycles. The Hall–Kier alpha value is -3.17. The molecule has 164 valence electrons. The largest absolute Gasteiger partial charge is 0.513 e. The van der Waals surface area contributed by atoms with Crippen LogP contribution < -0.4 is 10.1 Å². The van der Waals surface area contributed by atoms with Crippen molar-refractivity contribution < 1.29 is 32.7 Å². The highest BCUT2D eigenvalue weighted by molar-refractivity contribution is 5.63. The third-order valence-electron chi connectivity index (χ3n) is 4.67. The molecule has 10 heteroatoms. The SMILES string of the molecule is CCC(CC)OC(=O)OC1=C(C)NC(C)=C([N+](=O)[O-])C1c1ccccc1OC(F)F. The summed E-state index contributed by atoms with van der Waals surface area (Å²) in [5.41, 5.74) is 0.220. The number of dihydropyridines is 1. The van der Waals surface area contributed by atoms with Gasteiger partial charge in [-0.25, -0.2) is 4.79 Å². The lowest BCUT2D eigenvalue weighted by Gasteiger charge is -2.28. The predicted molar refractivity (Wildman–Crippen MR) is 103 cm³/mol. The van der Waals surface area contributed by atoms with Crippen LogP contribution in [0.1, 0.15) is 52.0 Å². The standard InChI is InChI=1S/C20H24F2N2O6/c1-5-13(6-2)28-20(25)30-18-12(4)23-11(3)17(24(26)27)16(18)14-9-7-8-10-15(14)29-19(21)22/h7-10,13,16,19,23H,5-6H2,1-4H3. The molecule has 1 N–H and O–H groups in total. The van der Waals surface area contributed by atoms with E-state index in [1.807, 2.05) is 13.8 Å². The number of hydrogen-bond donors (Lipinski definition) is 1. The van der Waals surface area contributed by atoms with Crippen molar-refractivity contribution in [3.8, 4) is 5.75 Å². The van der Waals surface area contributed by atoms with Crippen molar-refractivity contribution in [2.45, 2.75) is 59.2 Å².